The number of nitrogens with one attached hydrogen (secondary N) is 1. The Hall–Kier alpha value is -2.89. The summed E-state index contributed by atoms with van der Waals surface area (Å²) >= 11 is 0. The summed E-state index contributed by atoms with van der Waals surface area (Å²) in [6, 6.07) is 11.7. The maximum absolute atomic E-state index is 12.8. The van der Waals surface area contributed by atoms with Gasteiger partial charge in [0.1, 0.15) is 11.6 Å². The highest BCUT2D eigenvalue weighted by Crippen LogP contribution is 2.18. The van der Waals surface area contributed by atoms with Crippen LogP contribution in [0.15, 0.2) is 48.5 Å². The molecule has 2 aromatic carbocycles. The van der Waals surface area contributed by atoms with Gasteiger partial charge in [-0.3, -0.25) is 9.59 Å². The first-order valence-corrected chi connectivity index (χ1v) is 6.12. The van der Waals surface area contributed by atoms with E-state index < -0.39 is 11.7 Å². The van der Waals surface area contributed by atoms with E-state index in [4.69, 9.17) is 10.5 Å². The van der Waals surface area contributed by atoms with E-state index in [9.17, 15) is 14.0 Å². The predicted molar refractivity (Wildman–Crippen MR) is 75.5 cm³/mol. The molecule has 0 saturated carbocycles. The number of primary amides is 1. The largest absolute Gasteiger partial charge is 0.484 e. The van der Waals surface area contributed by atoms with Crippen molar-refractivity contribution >= 4 is 17.5 Å². The Balaban J connectivity index is 2.05. The molecule has 21 heavy (non-hydrogen) atoms. The van der Waals surface area contributed by atoms with Crippen molar-refractivity contribution in [2.75, 3.05) is 11.9 Å². The molecular weight excluding hydrogens is 275 g/mol. The van der Waals surface area contributed by atoms with Crippen molar-refractivity contribution in [3.63, 3.8) is 0 Å². The molecule has 0 aliphatic rings. The first-order chi connectivity index (χ1) is 10.0. The predicted octanol–water partition coefficient (Wildman–Crippen LogP) is 1.94. The normalized spacial score (nSPS) is 9.95. The van der Waals surface area contributed by atoms with Gasteiger partial charge in [0.15, 0.2) is 6.61 Å². The van der Waals surface area contributed by atoms with Crippen molar-refractivity contribution in [3.05, 3.63) is 59.9 Å². The van der Waals surface area contributed by atoms with E-state index >= 15 is 0 Å². The van der Waals surface area contributed by atoms with Gasteiger partial charge >= 0.3 is 0 Å². The smallest absolute Gasteiger partial charge is 0.255 e. The Morgan fingerprint density at radius 3 is 2.52 bits per heavy atom. The van der Waals surface area contributed by atoms with Crippen LogP contribution < -0.4 is 15.8 Å². The zero-order valence-electron chi connectivity index (χ0n) is 11.0. The molecule has 0 spiro atoms. The number of halogens is 1. The zero-order chi connectivity index (χ0) is 15.2. The molecule has 0 unspecified atom stereocenters. The minimum Gasteiger partial charge on any atom is -0.484 e. The number of amides is 2. The second-order valence-corrected chi connectivity index (χ2v) is 4.24. The molecule has 2 aromatic rings. The highest BCUT2D eigenvalue weighted by atomic mass is 19.1. The lowest BCUT2D eigenvalue weighted by Gasteiger charge is -2.08. The fourth-order valence-electron chi connectivity index (χ4n) is 1.62. The Labute approximate surface area is 120 Å². The van der Waals surface area contributed by atoms with Crippen LogP contribution in [0.25, 0.3) is 0 Å². The van der Waals surface area contributed by atoms with E-state index in [0.29, 0.717) is 17.0 Å². The van der Waals surface area contributed by atoms with Crippen LogP contribution in [0.1, 0.15) is 10.4 Å². The molecule has 0 radical (unpaired) electrons. The maximum atomic E-state index is 12.8. The summed E-state index contributed by atoms with van der Waals surface area (Å²) < 4.78 is 17.9. The third kappa shape index (κ3) is 4.31. The van der Waals surface area contributed by atoms with Gasteiger partial charge in [0.25, 0.3) is 11.8 Å². The fraction of sp³-hybridized carbons (Fsp3) is 0.0667. The van der Waals surface area contributed by atoms with Crippen LogP contribution in [0.3, 0.4) is 0 Å². The summed E-state index contributed by atoms with van der Waals surface area (Å²) in [5, 5.41) is 2.65. The number of anilines is 1. The molecule has 0 aliphatic carbocycles. The van der Waals surface area contributed by atoms with Crippen LogP contribution >= 0.6 is 0 Å². The van der Waals surface area contributed by atoms with Crippen molar-refractivity contribution < 1.29 is 18.7 Å². The van der Waals surface area contributed by atoms with Crippen molar-refractivity contribution in [2.24, 2.45) is 5.73 Å². The molecule has 2 rings (SSSR count). The Morgan fingerprint density at radius 1 is 1.14 bits per heavy atom. The number of ether oxygens (including phenoxy) is 1. The van der Waals surface area contributed by atoms with Crippen molar-refractivity contribution in [1.82, 2.24) is 0 Å². The molecule has 108 valence electrons. The van der Waals surface area contributed by atoms with Gasteiger partial charge in [-0.2, -0.15) is 0 Å². The molecule has 0 saturated heterocycles. The van der Waals surface area contributed by atoms with E-state index in [0.717, 1.165) is 0 Å². The number of hydrogen-bond acceptors (Lipinski definition) is 3. The van der Waals surface area contributed by atoms with Gasteiger partial charge in [-0.15, -0.1) is 0 Å². The van der Waals surface area contributed by atoms with Gasteiger partial charge < -0.3 is 15.8 Å². The van der Waals surface area contributed by atoms with E-state index in [1.165, 1.54) is 24.3 Å². The quantitative estimate of drug-likeness (QED) is 0.882. The molecule has 0 aliphatic heterocycles. The molecule has 0 heterocycles. The first kappa shape index (κ1) is 14.5. The lowest BCUT2D eigenvalue weighted by molar-refractivity contribution is -0.119. The van der Waals surface area contributed by atoms with Crippen LogP contribution in [0.2, 0.25) is 0 Å². The molecule has 2 amide bonds. The monoisotopic (exact) mass is 288 g/mol. The molecule has 6 heteroatoms. The summed E-state index contributed by atoms with van der Waals surface area (Å²) in [5.41, 5.74) is 5.81. The lowest BCUT2D eigenvalue weighted by Crippen LogP contribution is -2.20. The number of carbonyl (C=O) groups is 2. The fourth-order valence-corrected chi connectivity index (χ4v) is 1.62. The van der Waals surface area contributed by atoms with Gasteiger partial charge in [-0.05, 0) is 36.4 Å². The summed E-state index contributed by atoms with van der Waals surface area (Å²) in [4.78, 5) is 22.6. The molecule has 0 fully saturated rings. The van der Waals surface area contributed by atoms with Crippen molar-refractivity contribution in [1.29, 1.82) is 0 Å². The SMILES string of the molecule is NC(=O)COc1cccc(NC(=O)c2ccc(F)cc2)c1. The zero-order valence-corrected chi connectivity index (χ0v) is 11.0. The molecule has 3 N–H and O–H groups in total. The summed E-state index contributed by atoms with van der Waals surface area (Å²) in [6.45, 7) is -0.241. The third-order valence-corrected chi connectivity index (χ3v) is 2.58. The van der Waals surface area contributed by atoms with Crippen LogP contribution in [0, 0.1) is 5.82 Å². The highest BCUT2D eigenvalue weighted by molar-refractivity contribution is 6.04. The van der Waals surface area contributed by atoms with Crippen molar-refractivity contribution in [3.8, 4) is 5.75 Å². The number of nitrogens with two attached hydrogens (primary N) is 1. The minimum atomic E-state index is -0.587. The maximum Gasteiger partial charge on any atom is 0.255 e. The second kappa shape index (κ2) is 6.51. The summed E-state index contributed by atoms with van der Waals surface area (Å²) in [6.07, 6.45) is 0. The van der Waals surface area contributed by atoms with Gasteiger partial charge in [-0.25, -0.2) is 4.39 Å². The van der Waals surface area contributed by atoms with Crippen LogP contribution in [0.4, 0.5) is 10.1 Å². The van der Waals surface area contributed by atoms with Gasteiger partial charge in [0.05, 0.1) is 0 Å². The van der Waals surface area contributed by atoms with Gasteiger partial charge in [0, 0.05) is 17.3 Å². The molecule has 0 aromatic heterocycles. The third-order valence-electron chi connectivity index (χ3n) is 2.58. The van der Waals surface area contributed by atoms with E-state index in [2.05, 4.69) is 5.32 Å². The average molecular weight is 288 g/mol. The van der Waals surface area contributed by atoms with E-state index in [1.54, 1.807) is 24.3 Å². The van der Waals surface area contributed by atoms with E-state index in [1.807, 2.05) is 0 Å². The molecular formula is C15H13FN2O3. The molecule has 5 nitrogen and oxygen atoms in total. The van der Waals surface area contributed by atoms with Crippen molar-refractivity contribution in [2.45, 2.75) is 0 Å². The summed E-state index contributed by atoms with van der Waals surface area (Å²) in [5.74, 6) is -0.961. The Morgan fingerprint density at radius 2 is 1.86 bits per heavy atom. The first-order valence-electron chi connectivity index (χ1n) is 6.12. The summed E-state index contributed by atoms with van der Waals surface area (Å²) in [7, 11) is 0. The van der Waals surface area contributed by atoms with Gasteiger partial charge in [0.2, 0.25) is 0 Å². The van der Waals surface area contributed by atoms with Crippen LogP contribution in [-0.4, -0.2) is 18.4 Å². The van der Waals surface area contributed by atoms with Crippen LogP contribution in [0.5, 0.6) is 5.75 Å². The Kier molecular flexibility index (Phi) is 4.50. The lowest BCUT2D eigenvalue weighted by atomic mass is 10.2. The Bertz CT molecular complexity index is 656. The molecule has 0 bridgehead atoms. The number of hydrogen-bond donors (Lipinski definition) is 2. The average Bonchev–Trinajstić information content (AvgIpc) is 2.46. The van der Waals surface area contributed by atoms with Gasteiger partial charge in [-0.1, -0.05) is 6.07 Å². The minimum absolute atomic E-state index is 0.241. The number of carbonyl (C=O) groups excluding carboxylic acids is 2. The standard InChI is InChI=1S/C15H13FN2O3/c16-11-6-4-10(5-7-11)15(20)18-12-2-1-3-13(8-12)21-9-14(17)19/h1-8H,9H2,(H2,17,19)(H,18,20). The van der Waals surface area contributed by atoms with Crippen LogP contribution in [-0.2, 0) is 4.79 Å². The number of rotatable bonds is 5. The highest BCUT2D eigenvalue weighted by Gasteiger charge is 2.07. The topological polar surface area (TPSA) is 81.4 Å². The number of benzene rings is 2. The second-order valence-electron chi connectivity index (χ2n) is 4.24. The molecule has 0 atom stereocenters. The van der Waals surface area contributed by atoms with E-state index in [-0.39, 0.29) is 12.5 Å².